The molecule has 0 atom stereocenters. The number of benzene rings is 2. The molecule has 92 valence electrons. The molecule has 1 heterocycles. The maximum atomic E-state index is 4.62. The van der Waals surface area contributed by atoms with Crippen LogP contribution in [0.3, 0.4) is 0 Å². The Bertz CT molecular complexity index is 733. The average Bonchev–Trinajstić information content (AvgIpc) is 2.46. The van der Waals surface area contributed by atoms with Gasteiger partial charge in [0.05, 0.1) is 11.2 Å². The fourth-order valence-electron chi connectivity index (χ4n) is 1.95. The van der Waals surface area contributed by atoms with Crippen molar-refractivity contribution < 1.29 is 0 Å². The quantitative estimate of drug-likeness (QED) is 0.636. The number of halogens is 1. The predicted molar refractivity (Wildman–Crippen MR) is 84.8 cm³/mol. The van der Waals surface area contributed by atoms with E-state index in [1.807, 2.05) is 42.5 Å². The Morgan fingerprint density at radius 2 is 1.68 bits per heavy atom. The number of rotatable bonds is 2. The van der Waals surface area contributed by atoms with E-state index in [1.54, 1.807) is 0 Å². The van der Waals surface area contributed by atoms with E-state index < -0.39 is 0 Å². The first-order valence-electron chi connectivity index (χ1n) is 6.11. The molecule has 0 saturated heterocycles. The van der Waals surface area contributed by atoms with Crippen molar-refractivity contribution in [3.05, 3.63) is 76.4 Å². The number of nitrogens with zero attached hydrogens (tertiary/aromatic N) is 1. The first-order valence-corrected chi connectivity index (χ1v) is 6.90. The van der Waals surface area contributed by atoms with E-state index in [0.29, 0.717) is 0 Å². The van der Waals surface area contributed by atoms with E-state index in [-0.39, 0.29) is 0 Å². The maximum Gasteiger partial charge on any atom is 0.0710 e. The molecule has 0 aliphatic heterocycles. The van der Waals surface area contributed by atoms with Crippen LogP contribution in [0.2, 0.25) is 0 Å². The molecule has 0 radical (unpaired) electrons. The average molecular weight is 310 g/mol. The zero-order valence-corrected chi connectivity index (χ0v) is 11.8. The van der Waals surface area contributed by atoms with Crippen molar-refractivity contribution in [3.8, 4) is 0 Å². The second-order valence-electron chi connectivity index (χ2n) is 4.32. The number of aromatic nitrogens is 1. The van der Waals surface area contributed by atoms with Gasteiger partial charge in [0.1, 0.15) is 0 Å². The molecule has 1 nitrogen and oxygen atoms in total. The number of pyridine rings is 1. The van der Waals surface area contributed by atoms with Crippen LogP contribution in [0.4, 0.5) is 0 Å². The van der Waals surface area contributed by atoms with Crippen LogP contribution in [0.1, 0.15) is 11.3 Å². The Balaban J connectivity index is 1.94. The summed E-state index contributed by atoms with van der Waals surface area (Å²) in [5, 5.41) is 1.14. The van der Waals surface area contributed by atoms with E-state index >= 15 is 0 Å². The van der Waals surface area contributed by atoms with Crippen molar-refractivity contribution in [3.63, 3.8) is 0 Å². The van der Waals surface area contributed by atoms with Crippen LogP contribution in [0.25, 0.3) is 23.1 Å². The molecule has 0 unspecified atom stereocenters. The summed E-state index contributed by atoms with van der Waals surface area (Å²) >= 11 is 3.47. The third-order valence-electron chi connectivity index (χ3n) is 2.92. The van der Waals surface area contributed by atoms with Crippen molar-refractivity contribution in [1.29, 1.82) is 0 Å². The van der Waals surface area contributed by atoms with Gasteiger partial charge < -0.3 is 0 Å². The van der Waals surface area contributed by atoms with Crippen molar-refractivity contribution in [2.24, 2.45) is 0 Å². The summed E-state index contributed by atoms with van der Waals surface area (Å²) in [7, 11) is 0. The van der Waals surface area contributed by atoms with Gasteiger partial charge in [0.2, 0.25) is 0 Å². The predicted octanol–water partition coefficient (Wildman–Crippen LogP) is 5.17. The minimum Gasteiger partial charge on any atom is -0.248 e. The Labute approximate surface area is 120 Å². The number of fused-ring (bicyclic) bond motifs is 1. The first-order chi connectivity index (χ1) is 9.31. The third kappa shape index (κ3) is 2.91. The SMILES string of the molecule is Brc1ccc2nc(/C=C/c3ccccc3)ccc2c1. The fourth-order valence-corrected chi connectivity index (χ4v) is 2.33. The Kier molecular flexibility index (Phi) is 3.43. The lowest BCUT2D eigenvalue weighted by Gasteiger charge is -2.00. The summed E-state index contributed by atoms with van der Waals surface area (Å²) in [6, 6.07) is 20.5. The van der Waals surface area contributed by atoms with Gasteiger partial charge in [-0.05, 0) is 35.9 Å². The summed E-state index contributed by atoms with van der Waals surface area (Å²) in [6.45, 7) is 0. The van der Waals surface area contributed by atoms with Crippen LogP contribution in [0, 0.1) is 0 Å². The molecule has 0 amide bonds. The van der Waals surface area contributed by atoms with Gasteiger partial charge in [-0.15, -0.1) is 0 Å². The summed E-state index contributed by atoms with van der Waals surface area (Å²) in [6.07, 6.45) is 4.11. The first kappa shape index (κ1) is 12.1. The van der Waals surface area contributed by atoms with Crippen molar-refractivity contribution in [1.82, 2.24) is 4.98 Å². The molecule has 0 spiro atoms. The highest BCUT2D eigenvalue weighted by Gasteiger charge is 1.97. The molecule has 3 rings (SSSR count). The van der Waals surface area contributed by atoms with Gasteiger partial charge in [0, 0.05) is 9.86 Å². The van der Waals surface area contributed by atoms with E-state index in [2.05, 4.69) is 51.3 Å². The molecule has 0 fully saturated rings. The zero-order chi connectivity index (χ0) is 13.1. The molecule has 19 heavy (non-hydrogen) atoms. The van der Waals surface area contributed by atoms with Gasteiger partial charge in [-0.25, -0.2) is 4.98 Å². The largest absolute Gasteiger partial charge is 0.248 e. The van der Waals surface area contributed by atoms with Gasteiger partial charge in [0.25, 0.3) is 0 Å². The van der Waals surface area contributed by atoms with Gasteiger partial charge in [-0.3, -0.25) is 0 Å². The molecular weight excluding hydrogens is 298 g/mol. The molecule has 0 N–H and O–H groups in total. The molecule has 1 aromatic heterocycles. The van der Waals surface area contributed by atoms with Crippen LogP contribution in [0.5, 0.6) is 0 Å². The lowest BCUT2D eigenvalue weighted by atomic mass is 10.1. The molecule has 0 bridgehead atoms. The standard InChI is InChI=1S/C17H12BrN/c18-15-8-11-17-14(12-15)7-10-16(19-17)9-6-13-4-2-1-3-5-13/h1-12H/b9-6+. The number of hydrogen-bond donors (Lipinski definition) is 0. The van der Waals surface area contributed by atoms with E-state index in [9.17, 15) is 0 Å². The van der Waals surface area contributed by atoms with Crippen LogP contribution in [0.15, 0.2) is 65.1 Å². The highest BCUT2D eigenvalue weighted by atomic mass is 79.9. The zero-order valence-electron chi connectivity index (χ0n) is 10.3. The van der Waals surface area contributed by atoms with Crippen LogP contribution >= 0.6 is 15.9 Å². The smallest absolute Gasteiger partial charge is 0.0710 e. The minimum absolute atomic E-state index is 0.971. The second kappa shape index (κ2) is 5.37. The van der Waals surface area contributed by atoms with Crippen molar-refractivity contribution in [2.45, 2.75) is 0 Å². The topological polar surface area (TPSA) is 12.9 Å². The van der Waals surface area contributed by atoms with Gasteiger partial charge >= 0.3 is 0 Å². The normalized spacial score (nSPS) is 11.2. The van der Waals surface area contributed by atoms with Crippen LogP contribution in [-0.2, 0) is 0 Å². The molecule has 0 saturated carbocycles. The highest BCUT2D eigenvalue weighted by Crippen LogP contribution is 2.19. The Morgan fingerprint density at radius 1 is 0.842 bits per heavy atom. The monoisotopic (exact) mass is 309 g/mol. The van der Waals surface area contributed by atoms with E-state index in [4.69, 9.17) is 0 Å². The fraction of sp³-hybridized carbons (Fsp3) is 0. The molecule has 2 aromatic carbocycles. The second-order valence-corrected chi connectivity index (χ2v) is 5.23. The number of hydrogen-bond acceptors (Lipinski definition) is 1. The Hall–Kier alpha value is -1.93. The van der Waals surface area contributed by atoms with Crippen LogP contribution < -0.4 is 0 Å². The molecule has 0 aliphatic rings. The van der Waals surface area contributed by atoms with E-state index in [0.717, 1.165) is 21.1 Å². The van der Waals surface area contributed by atoms with Gasteiger partial charge in [-0.1, -0.05) is 58.4 Å². The molecule has 3 aromatic rings. The summed E-state index contributed by atoms with van der Waals surface area (Å²) in [5.74, 6) is 0. The van der Waals surface area contributed by atoms with E-state index in [1.165, 1.54) is 5.56 Å². The third-order valence-corrected chi connectivity index (χ3v) is 3.41. The highest BCUT2D eigenvalue weighted by molar-refractivity contribution is 9.10. The van der Waals surface area contributed by atoms with Crippen LogP contribution in [-0.4, -0.2) is 4.98 Å². The lowest BCUT2D eigenvalue weighted by molar-refractivity contribution is 1.37. The van der Waals surface area contributed by atoms with Gasteiger partial charge in [0.15, 0.2) is 0 Å². The maximum absolute atomic E-state index is 4.62. The minimum atomic E-state index is 0.971. The summed E-state index contributed by atoms with van der Waals surface area (Å²) in [5.41, 5.74) is 3.16. The van der Waals surface area contributed by atoms with Crippen molar-refractivity contribution in [2.75, 3.05) is 0 Å². The van der Waals surface area contributed by atoms with Gasteiger partial charge in [-0.2, -0.15) is 0 Å². The lowest BCUT2D eigenvalue weighted by Crippen LogP contribution is -1.83. The van der Waals surface area contributed by atoms with Crippen molar-refractivity contribution >= 4 is 39.0 Å². The Morgan fingerprint density at radius 3 is 2.53 bits per heavy atom. The molecule has 0 aliphatic carbocycles. The molecule has 2 heteroatoms. The molecular formula is C17H12BrN. The summed E-state index contributed by atoms with van der Waals surface area (Å²) < 4.78 is 1.08. The summed E-state index contributed by atoms with van der Waals surface area (Å²) in [4.78, 5) is 4.62.